The molecule has 0 aliphatic heterocycles. The van der Waals surface area contributed by atoms with Crippen LogP contribution in [0.3, 0.4) is 0 Å². The normalized spacial score (nSPS) is 11.9. The number of aromatic nitrogens is 2. The summed E-state index contributed by atoms with van der Waals surface area (Å²) in [5.41, 5.74) is 0. The molecule has 106 valence electrons. The maximum atomic E-state index is 11.4. The second-order valence-corrected chi connectivity index (χ2v) is 4.23. The summed E-state index contributed by atoms with van der Waals surface area (Å²) in [5.74, 6) is -0.366. The summed E-state index contributed by atoms with van der Waals surface area (Å²) in [4.78, 5) is 25.9. The standard InChI is InChI=1S/C11H18N4O4/c1-7(10(16)17)4-3-5-12-11(18)13-6-9-14-8(2)15-19-9/h7H,3-6H2,1-2H3,(H,16,17)(H2,12,13,18). The topological polar surface area (TPSA) is 117 Å². The van der Waals surface area contributed by atoms with Crippen molar-refractivity contribution in [3.8, 4) is 0 Å². The number of nitrogens with zero attached hydrogens (tertiary/aromatic N) is 2. The predicted molar refractivity (Wildman–Crippen MR) is 65.3 cm³/mol. The Morgan fingerprint density at radius 1 is 1.42 bits per heavy atom. The molecule has 8 nitrogen and oxygen atoms in total. The Balaban J connectivity index is 2.10. The Morgan fingerprint density at radius 3 is 2.74 bits per heavy atom. The number of rotatable bonds is 7. The fraction of sp³-hybridized carbons (Fsp3) is 0.636. The van der Waals surface area contributed by atoms with Crippen LogP contribution in [0.1, 0.15) is 31.5 Å². The van der Waals surface area contributed by atoms with E-state index in [1.165, 1.54) is 0 Å². The molecule has 0 spiro atoms. The first-order valence-electron chi connectivity index (χ1n) is 6.02. The van der Waals surface area contributed by atoms with Gasteiger partial charge in [0.1, 0.15) is 0 Å². The number of carboxylic acid groups (broad SMARTS) is 1. The lowest BCUT2D eigenvalue weighted by atomic mass is 10.1. The Kier molecular flexibility index (Phi) is 5.77. The Morgan fingerprint density at radius 2 is 2.16 bits per heavy atom. The van der Waals surface area contributed by atoms with Crippen molar-refractivity contribution in [2.75, 3.05) is 6.54 Å². The summed E-state index contributed by atoms with van der Waals surface area (Å²) in [6, 6.07) is -0.348. The van der Waals surface area contributed by atoms with Crippen LogP contribution in [0.15, 0.2) is 4.52 Å². The molecule has 0 aromatic carbocycles. The van der Waals surface area contributed by atoms with Gasteiger partial charge in [0, 0.05) is 6.54 Å². The van der Waals surface area contributed by atoms with Gasteiger partial charge in [-0.05, 0) is 19.8 Å². The van der Waals surface area contributed by atoms with Gasteiger partial charge < -0.3 is 20.3 Å². The summed E-state index contributed by atoms with van der Waals surface area (Å²) in [6.45, 7) is 3.92. The van der Waals surface area contributed by atoms with Crippen molar-refractivity contribution >= 4 is 12.0 Å². The van der Waals surface area contributed by atoms with Crippen molar-refractivity contribution in [2.24, 2.45) is 5.92 Å². The summed E-state index contributed by atoms with van der Waals surface area (Å²) >= 11 is 0. The van der Waals surface area contributed by atoms with Crippen LogP contribution < -0.4 is 10.6 Å². The molecule has 0 saturated carbocycles. The highest BCUT2D eigenvalue weighted by molar-refractivity contribution is 5.73. The fourth-order valence-electron chi connectivity index (χ4n) is 1.36. The molecule has 0 radical (unpaired) electrons. The van der Waals surface area contributed by atoms with Gasteiger partial charge in [0.15, 0.2) is 5.82 Å². The van der Waals surface area contributed by atoms with E-state index in [1.807, 2.05) is 0 Å². The third-order valence-electron chi connectivity index (χ3n) is 2.49. The molecule has 3 N–H and O–H groups in total. The first kappa shape index (κ1) is 14.9. The highest BCUT2D eigenvalue weighted by atomic mass is 16.5. The highest BCUT2D eigenvalue weighted by Crippen LogP contribution is 2.04. The SMILES string of the molecule is Cc1noc(CNC(=O)NCCCC(C)C(=O)O)n1. The molecule has 0 aliphatic rings. The Bertz CT molecular complexity index is 432. The Hall–Kier alpha value is -2.12. The lowest BCUT2D eigenvalue weighted by Crippen LogP contribution is -2.35. The lowest BCUT2D eigenvalue weighted by Gasteiger charge is -2.07. The molecule has 0 bridgehead atoms. The van der Waals surface area contributed by atoms with Crippen molar-refractivity contribution < 1.29 is 19.2 Å². The van der Waals surface area contributed by atoms with E-state index in [4.69, 9.17) is 9.63 Å². The molecular weight excluding hydrogens is 252 g/mol. The number of hydrogen-bond acceptors (Lipinski definition) is 5. The van der Waals surface area contributed by atoms with Crippen LogP contribution in [0.2, 0.25) is 0 Å². The van der Waals surface area contributed by atoms with Gasteiger partial charge >= 0.3 is 12.0 Å². The minimum absolute atomic E-state index is 0.165. The van der Waals surface area contributed by atoms with Crippen molar-refractivity contribution in [3.05, 3.63) is 11.7 Å². The van der Waals surface area contributed by atoms with Gasteiger partial charge in [-0.25, -0.2) is 4.79 Å². The van der Waals surface area contributed by atoms with E-state index in [2.05, 4.69) is 20.8 Å². The number of amides is 2. The van der Waals surface area contributed by atoms with Crippen LogP contribution in [0, 0.1) is 12.8 Å². The van der Waals surface area contributed by atoms with Crippen molar-refractivity contribution in [1.82, 2.24) is 20.8 Å². The lowest BCUT2D eigenvalue weighted by molar-refractivity contribution is -0.141. The Labute approximate surface area is 110 Å². The van der Waals surface area contributed by atoms with Crippen LogP contribution in [0.25, 0.3) is 0 Å². The van der Waals surface area contributed by atoms with Gasteiger partial charge in [0.2, 0.25) is 5.89 Å². The minimum atomic E-state index is -0.823. The first-order valence-corrected chi connectivity index (χ1v) is 6.02. The molecule has 0 fully saturated rings. The molecule has 1 rings (SSSR count). The highest BCUT2D eigenvalue weighted by Gasteiger charge is 2.10. The molecule has 1 atom stereocenters. The number of hydrogen-bond donors (Lipinski definition) is 3. The van der Waals surface area contributed by atoms with Crippen LogP contribution in [-0.2, 0) is 11.3 Å². The number of aliphatic carboxylic acids is 1. The van der Waals surface area contributed by atoms with Crippen molar-refractivity contribution in [1.29, 1.82) is 0 Å². The van der Waals surface area contributed by atoms with Gasteiger partial charge in [0.05, 0.1) is 12.5 Å². The monoisotopic (exact) mass is 270 g/mol. The van der Waals surface area contributed by atoms with Gasteiger partial charge in [-0.15, -0.1) is 0 Å². The molecule has 1 aromatic heterocycles. The second kappa shape index (κ2) is 7.34. The molecule has 1 unspecified atom stereocenters. The fourth-order valence-corrected chi connectivity index (χ4v) is 1.36. The van der Waals surface area contributed by atoms with Crippen molar-refractivity contribution in [3.63, 3.8) is 0 Å². The maximum Gasteiger partial charge on any atom is 0.315 e. The van der Waals surface area contributed by atoms with E-state index in [-0.39, 0.29) is 12.6 Å². The third kappa shape index (κ3) is 5.84. The molecular formula is C11H18N4O4. The van der Waals surface area contributed by atoms with E-state index in [0.29, 0.717) is 31.1 Å². The summed E-state index contributed by atoms with van der Waals surface area (Å²) in [6.07, 6.45) is 1.14. The van der Waals surface area contributed by atoms with Crippen LogP contribution in [-0.4, -0.2) is 33.8 Å². The zero-order valence-corrected chi connectivity index (χ0v) is 11.0. The van der Waals surface area contributed by atoms with E-state index in [0.717, 1.165) is 0 Å². The first-order chi connectivity index (χ1) is 8.99. The van der Waals surface area contributed by atoms with E-state index in [1.54, 1.807) is 13.8 Å². The molecule has 2 amide bonds. The third-order valence-corrected chi connectivity index (χ3v) is 2.49. The van der Waals surface area contributed by atoms with E-state index in [9.17, 15) is 9.59 Å². The van der Waals surface area contributed by atoms with E-state index >= 15 is 0 Å². The number of carboxylic acids is 1. The smallest absolute Gasteiger partial charge is 0.315 e. The largest absolute Gasteiger partial charge is 0.481 e. The number of urea groups is 1. The molecule has 0 aliphatic carbocycles. The number of carbonyl (C=O) groups excluding carboxylic acids is 1. The van der Waals surface area contributed by atoms with Crippen molar-refractivity contribution in [2.45, 2.75) is 33.2 Å². The molecule has 19 heavy (non-hydrogen) atoms. The maximum absolute atomic E-state index is 11.4. The molecule has 1 heterocycles. The minimum Gasteiger partial charge on any atom is -0.481 e. The summed E-state index contributed by atoms with van der Waals surface area (Å²) < 4.78 is 4.83. The molecule has 0 saturated heterocycles. The molecule has 1 aromatic rings. The van der Waals surface area contributed by atoms with Crippen LogP contribution in [0.5, 0.6) is 0 Å². The second-order valence-electron chi connectivity index (χ2n) is 4.23. The average Bonchev–Trinajstić information content (AvgIpc) is 2.77. The van der Waals surface area contributed by atoms with E-state index < -0.39 is 11.9 Å². The van der Waals surface area contributed by atoms with Gasteiger partial charge in [-0.2, -0.15) is 4.98 Å². The predicted octanol–water partition coefficient (Wildman–Crippen LogP) is 0.678. The molecule has 8 heteroatoms. The number of nitrogens with one attached hydrogen (secondary N) is 2. The van der Waals surface area contributed by atoms with Crippen LogP contribution in [0.4, 0.5) is 4.79 Å². The summed E-state index contributed by atoms with van der Waals surface area (Å²) in [5, 5.41) is 17.5. The summed E-state index contributed by atoms with van der Waals surface area (Å²) in [7, 11) is 0. The van der Waals surface area contributed by atoms with Gasteiger partial charge in [-0.3, -0.25) is 4.79 Å². The zero-order chi connectivity index (χ0) is 14.3. The van der Waals surface area contributed by atoms with Crippen LogP contribution >= 0.6 is 0 Å². The van der Waals surface area contributed by atoms with Gasteiger partial charge in [0.25, 0.3) is 0 Å². The quantitative estimate of drug-likeness (QED) is 0.627. The number of aryl methyl sites for hydroxylation is 1. The van der Waals surface area contributed by atoms with Gasteiger partial charge in [-0.1, -0.05) is 12.1 Å². The zero-order valence-electron chi connectivity index (χ0n) is 11.0. The number of carbonyl (C=O) groups is 2. The average molecular weight is 270 g/mol.